The lowest BCUT2D eigenvalue weighted by atomic mass is 10.1. The van der Waals surface area contributed by atoms with Crippen LogP contribution in [0.5, 0.6) is 5.75 Å². The van der Waals surface area contributed by atoms with Crippen molar-refractivity contribution in [2.24, 2.45) is 0 Å². The highest BCUT2D eigenvalue weighted by Crippen LogP contribution is 2.19. The fourth-order valence-corrected chi connectivity index (χ4v) is 4.46. The summed E-state index contributed by atoms with van der Waals surface area (Å²) in [5.41, 5.74) is 0.750. The number of likely N-dealkylation sites (tertiary alicyclic amines) is 1. The minimum Gasteiger partial charge on any atom is -0.493 e. The Labute approximate surface area is 226 Å². The fourth-order valence-electron chi connectivity index (χ4n) is 3.47. The number of rotatable bonds is 10. The lowest BCUT2D eigenvalue weighted by molar-refractivity contribution is -0.122. The molecule has 1 saturated heterocycles. The van der Waals surface area contributed by atoms with E-state index in [2.05, 4.69) is 41.2 Å². The first-order valence-corrected chi connectivity index (χ1v) is 14.0. The van der Waals surface area contributed by atoms with E-state index in [4.69, 9.17) is 4.74 Å². The number of nitrogens with zero attached hydrogens (tertiary/aromatic N) is 1. The summed E-state index contributed by atoms with van der Waals surface area (Å²) in [6.07, 6.45) is 3.82. The van der Waals surface area contributed by atoms with Crippen LogP contribution in [0.15, 0.2) is 35.7 Å². The number of benzene rings is 1. The van der Waals surface area contributed by atoms with Gasteiger partial charge in [0.2, 0.25) is 11.0 Å². The molecule has 1 atom stereocenters. The molecule has 2 heterocycles. The van der Waals surface area contributed by atoms with Crippen molar-refractivity contribution in [3.63, 3.8) is 0 Å². The third-order valence-electron chi connectivity index (χ3n) is 5.57. The first-order valence-electron chi connectivity index (χ1n) is 12.7. The van der Waals surface area contributed by atoms with Gasteiger partial charge in [-0.2, -0.15) is 0 Å². The van der Waals surface area contributed by atoms with Gasteiger partial charge in [0.25, 0.3) is 0 Å². The van der Waals surface area contributed by atoms with Crippen LogP contribution in [0.4, 0.5) is 4.39 Å². The van der Waals surface area contributed by atoms with Gasteiger partial charge < -0.3 is 15.0 Å². The second kappa shape index (κ2) is 16.8. The number of hydrogen-bond donors (Lipinski definition) is 2. The number of amides is 1. The molecule has 1 fully saturated rings. The summed E-state index contributed by atoms with van der Waals surface area (Å²) in [5.74, 6) is 0.886. The summed E-state index contributed by atoms with van der Waals surface area (Å²) < 4.78 is 17.8. The highest BCUT2D eigenvalue weighted by atomic mass is 32.1. The van der Waals surface area contributed by atoms with Crippen LogP contribution in [0.25, 0.3) is 0 Å². The number of aryl methyl sites for hydroxylation is 2. The Morgan fingerprint density at radius 2 is 1.72 bits per heavy atom. The Balaban J connectivity index is 0.000000623. The molecule has 2 aromatic rings. The van der Waals surface area contributed by atoms with Gasteiger partial charge in [0, 0.05) is 23.9 Å². The molecule has 1 aromatic heterocycles. The second-order valence-corrected chi connectivity index (χ2v) is 10.6. The Kier molecular flexibility index (Phi) is 15.0. The first-order chi connectivity index (χ1) is 17.0. The molecular weight excluding hydrogens is 495 g/mol. The number of carbonyl (C=O) groups excluding carboxylic acids is 2. The molecular formula is C28H43FN2O3S2. The van der Waals surface area contributed by atoms with Crippen molar-refractivity contribution in [2.45, 2.75) is 78.9 Å². The number of ether oxygens (including phenoxy) is 1. The maximum atomic E-state index is 12.5. The van der Waals surface area contributed by atoms with Crippen LogP contribution >= 0.6 is 24.0 Å². The lowest BCUT2D eigenvalue weighted by Crippen LogP contribution is -2.44. The molecule has 1 unspecified atom stereocenters. The lowest BCUT2D eigenvalue weighted by Gasteiger charge is -2.24. The molecule has 1 N–H and O–H groups in total. The number of thiol groups is 1. The van der Waals surface area contributed by atoms with Crippen LogP contribution in [-0.4, -0.2) is 53.9 Å². The maximum absolute atomic E-state index is 12.5. The zero-order valence-corrected chi connectivity index (χ0v) is 24.3. The zero-order valence-electron chi connectivity index (χ0n) is 22.6. The van der Waals surface area contributed by atoms with Crippen molar-refractivity contribution in [2.75, 3.05) is 26.2 Å². The van der Waals surface area contributed by atoms with Crippen LogP contribution in [0, 0.1) is 13.8 Å². The number of thiophene rings is 1. The van der Waals surface area contributed by atoms with Gasteiger partial charge in [0.15, 0.2) is 5.67 Å². The van der Waals surface area contributed by atoms with Gasteiger partial charge in [-0.1, -0.05) is 31.5 Å². The number of nitrogens with one attached hydrogen (secondary N) is 1. The normalized spacial score (nSPS) is 14.1. The minimum atomic E-state index is -1.77. The zero-order chi connectivity index (χ0) is 27.1. The minimum absolute atomic E-state index is 0.0699. The third-order valence-corrected chi connectivity index (χ3v) is 7.15. The van der Waals surface area contributed by atoms with Gasteiger partial charge in [-0.05, 0) is 82.8 Å². The molecule has 1 aliphatic rings. The second-order valence-electron chi connectivity index (χ2n) is 9.19. The molecule has 202 valence electrons. The Morgan fingerprint density at radius 3 is 2.22 bits per heavy atom. The summed E-state index contributed by atoms with van der Waals surface area (Å²) in [5, 5.41) is 4.66. The van der Waals surface area contributed by atoms with Crippen LogP contribution in [0.1, 0.15) is 63.0 Å². The van der Waals surface area contributed by atoms with Gasteiger partial charge >= 0.3 is 0 Å². The van der Waals surface area contributed by atoms with E-state index in [-0.39, 0.29) is 11.9 Å². The SMILES string of the molecule is CC.CC(C)(F)C(=O)S.Cc1ccc(OCCC(=O)NC(Cc2sccc2C)CN2CCCC2)cc1. The molecule has 0 radical (unpaired) electrons. The van der Waals surface area contributed by atoms with E-state index in [1.807, 2.05) is 45.0 Å². The number of hydrogen-bond acceptors (Lipinski definition) is 5. The first kappa shape index (κ1) is 32.1. The molecule has 1 amide bonds. The average molecular weight is 539 g/mol. The smallest absolute Gasteiger partial charge is 0.223 e. The molecule has 3 rings (SSSR count). The van der Waals surface area contributed by atoms with Crippen LogP contribution < -0.4 is 10.1 Å². The van der Waals surface area contributed by atoms with E-state index in [1.165, 1.54) is 42.7 Å². The summed E-state index contributed by atoms with van der Waals surface area (Å²) in [4.78, 5) is 26.3. The Hall–Kier alpha value is -1.90. The van der Waals surface area contributed by atoms with Gasteiger partial charge in [0.1, 0.15) is 5.75 Å². The van der Waals surface area contributed by atoms with E-state index in [9.17, 15) is 14.0 Å². The van der Waals surface area contributed by atoms with Crippen molar-refractivity contribution >= 4 is 35.0 Å². The largest absolute Gasteiger partial charge is 0.493 e. The van der Waals surface area contributed by atoms with E-state index in [0.29, 0.717) is 13.0 Å². The van der Waals surface area contributed by atoms with Gasteiger partial charge in [-0.3, -0.25) is 9.59 Å². The predicted molar refractivity (Wildman–Crippen MR) is 152 cm³/mol. The highest BCUT2D eigenvalue weighted by molar-refractivity contribution is 7.96. The molecule has 36 heavy (non-hydrogen) atoms. The van der Waals surface area contributed by atoms with E-state index in [1.54, 1.807) is 11.3 Å². The van der Waals surface area contributed by atoms with Gasteiger partial charge in [-0.25, -0.2) is 4.39 Å². The van der Waals surface area contributed by atoms with Crippen molar-refractivity contribution in [3.05, 3.63) is 51.7 Å². The molecule has 1 aliphatic heterocycles. The molecule has 0 saturated carbocycles. The predicted octanol–water partition coefficient (Wildman–Crippen LogP) is 6.17. The molecule has 0 bridgehead atoms. The molecule has 5 nitrogen and oxygen atoms in total. The molecule has 8 heteroatoms. The monoisotopic (exact) mass is 538 g/mol. The summed E-state index contributed by atoms with van der Waals surface area (Å²) in [6, 6.07) is 10.2. The van der Waals surface area contributed by atoms with Crippen molar-refractivity contribution < 1.29 is 18.7 Å². The Morgan fingerprint density at radius 1 is 1.14 bits per heavy atom. The number of alkyl halides is 1. The summed E-state index contributed by atoms with van der Waals surface area (Å²) in [7, 11) is 0. The van der Waals surface area contributed by atoms with Crippen LogP contribution in [0.2, 0.25) is 0 Å². The molecule has 0 spiro atoms. The topological polar surface area (TPSA) is 58.6 Å². The van der Waals surface area contributed by atoms with Crippen molar-refractivity contribution in [1.29, 1.82) is 0 Å². The molecule has 1 aromatic carbocycles. The van der Waals surface area contributed by atoms with Gasteiger partial charge in [-0.15, -0.1) is 24.0 Å². The van der Waals surface area contributed by atoms with E-state index >= 15 is 0 Å². The quantitative estimate of drug-likeness (QED) is 0.355. The van der Waals surface area contributed by atoms with Crippen LogP contribution in [-0.2, 0) is 16.0 Å². The maximum Gasteiger partial charge on any atom is 0.223 e. The third kappa shape index (κ3) is 12.9. The van der Waals surface area contributed by atoms with Gasteiger partial charge in [0.05, 0.1) is 13.0 Å². The fraction of sp³-hybridized carbons (Fsp3) is 0.571. The molecule has 0 aliphatic carbocycles. The number of carbonyl (C=O) groups is 2. The summed E-state index contributed by atoms with van der Waals surface area (Å²) >= 11 is 5.05. The van der Waals surface area contributed by atoms with Crippen molar-refractivity contribution in [3.8, 4) is 5.75 Å². The number of halogens is 1. The van der Waals surface area contributed by atoms with E-state index in [0.717, 1.165) is 31.8 Å². The van der Waals surface area contributed by atoms with Crippen LogP contribution in [0.3, 0.4) is 0 Å². The summed E-state index contributed by atoms with van der Waals surface area (Å²) in [6.45, 7) is 14.2. The highest BCUT2D eigenvalue weighted by Gasteiger charge is 2.22. The van der Waals surface area contributed by atoms with E-state index < -0.39 is 10.8 Å². The standard InChI is InChI=1S/C22H30N2O2S.C4H7FOS.C2H6/c1-17-5-7-20(8-6-17)26-13-9-22(25)23-19(16-24-11-3-4-12-24)15-21-18(2)10-14-27-21;1-4(2,5)3(6)7;1-2/h5-8,10,14,19H,3-4,9,11-13,15-16H2,1-2H3,(H,23,25);1-2H3,(H,6,7);1-2H3. The Bertz CT molecular complexity index is 904. The van der Waals surface area contributed by atoms with Crippen molar-refractivity contribution in [1.82, 2.24) is 10.2 Å². The average Bonchev–Trinajstić information content (AvgIpc) is 3.48.